The first-order valence-electron chi connectivity index (χ1n) is 7.37. The summed E-state index contributed by atoms with van der Waals surface area (Å²) < 4.78 is 0. The molecule has 1 aromatic heterocycles. The van der Waals surface area contributed by atoms with Crippen molar-refractivity contribution in [1.82, 2.24) is 4.98 Å². The van der Waals surface area contributed by atoms with Gasteiger partial charge in [0.1, 0.15) is 0 Å². The van der Waals surface area contributed by atoms with E-state index in [4.69, 9.17) is 0 Å². The number of anilines is 1. The molecule has 0 aliphatic carbocycles. The highest BCUT2D eigenvalue weighted by molar-refractivity contribution is 5.87. The quantitative estimate of drug-likeness (QED) is 0.782. The van der Waals surface area contributed by atoms with Crippen LogP contribution in [-0.2, 0) is 0 Å². The summed E-state index contributed by atoms with van der Waals surface area (Å²) in [4.78, 5) is 6.83. The molecular weight excluding hydrogens is 232 g/mol. The molecule has 0 spiro atoms. The maximum absolute atomic E-state index is 4.40. The van der Waals surface area contributed by atoms with Crippen LogP contribution in [0.25, 0.3) is 10.9 Å². The molecule has 104 valence electrons. The Labute approximate surface area is 117 Å². The third-order valence-corrected chi connectivity index (χ3v) is 3.24. The van der Waals surface area contributed by atoms with Crippen molar-refractivity contribution in [2.24, 2.45) is 0 Å². The molecule has 2 heteroatoms. The zero-order chi connectivity index (χ0) is 14.3. The first-order valence-corrected chi connectivity index (χ1v) is 7.37. The van der Waals surface area contributed by atoms with Gasteiger partial charge >= 0.3 is 0 Å². The van der Waals surface area contributed by atoms with E-state index in [0.29, 0.717) is 0 Å². The molecule has 0 amide bonds. The fourth-order valence-electron chi connectivity index (χ4n) is 2.35. The van der Waals surface area contributed by atoms with Crippen molar-refractivity contribution < 1.29 is 0 Å². The molecule has 2 aromatic rings. The minimum Gasteiger partial charge on any atom is -0.372 e. The number of hydrogen-bond acceptors (Lipinski definition) is 2. The molecule has 0 bridgehead atoms. The molecule has 2 rings (SSSR count). The molecule has 0 aliphatic rings. The Morgan fingerprint density at radius 1 is 1.11 bits per heavy atom. The number of hydrogen-bond donors (Lipinski definition) is 0. The molecule has 1 heterocycles. The van der Waals surface area contributed by atoms with Crippen LogP contribution in [0.3, 0.4) is 0 Å². The van der Waals surface area contributed by atoms with Crippen LogP contribution >= 0.6 is 0 Å². The summed E-state index contributed by atoms with van der Waals surface area (Å²) in [5.41, 5.74) is 3.77. The van der Waals surface area contributed by atoms with Crippen molar-refractivity contribution in [2.75, 3.05) is 18.0 Å². The minimum absolute atomic E-state index is 1.06. The molecule has 19 heavy (non-hydrogen) atoms. The predicted octanol–water partition coefficient (Wildman–Crippen LogP) is 4.81. The van der Waals surface area contributed by atoms with E-state index < -0.39 is 0 Å². The second-order valence-corrected chi connectivity index (χ2v) is 4.36. The van der Waals surface area contributed by atoms with E-state index in [-0.39, 0.29) is 0 Å². The molecule has 0 radical (unpaired) electrons. The summed E-state index contributed by atoms with van der Waals surface area (Å²) in [6, 6.07) is 8.48. The Kier molecular flexibility index (Phi) is 6.34. The number of fused-ring (bicyclic) bond motifs is 1. The molecule has 0 N–H and O–H groups in total. The van der Waals surface area contributed by atoms with Gasteiger partial charge in [-0.25, -0.2) is 0 Å². The van der Waals surface area contributed by atoms with Crippen LogP contribution in [0.2, 0.25) is 0 Å². The van der Waals surface area contributed by atoms with Crippen LogP contribution in [0.5, 0.6) is 0 Å². The Morgan fingerprint density at radius 2 is 1.84 bits per heavy atom. The van der Waals surface area contributed by atoms with E-state index in [0.717, 1.165) is 18.6 Å². The second kappa shape index (κ2) is 7.78. The van der Waals surface area contributed by atoms with Gasteiger partial charge in [0.05, 0.1) is 5.52 Å². The Morgan fingerprint density at radius 3 is 2.47 bits per heavy atom. The Bertz CT molecular complexity index is 506. The number of nitrogens with zero attached hydrogens (tertiary/aromatic N) is 2. The van der Waals surface area contributed by atoms with E-state index in [2.05, 4.69) is 48.9 Å². The van der Waals surface area contributed by atoms with Gasteiger partial charge in [0.15, 0.2) is 0 Å². The lowest BCUT2D eigenvalue weighted by Gasteiger charge is -2.25. The second-order valence-electron chi connectivity index (χ2n) is 4.36. The summed E-state index contributed by atoms with van der Waals surface area (Å²) in [5, 5.41) is 1.26. The molecule has 0 atom stereocenters. The van der Waals surface area contributed by atoms with Gasteiger partial charge < -0.3 is 4.90 Å². The van der Waals surface area contributed by atoms with E-state index in [1.807, 2.05) is 26.1 Å². The summed E-state index contributed by atoms with van der Waals surface area (Å²) >= 11 is 0. The van der Waals surface area contributed by atoms with Gasteiger partial charge in [0, 0.05) is 30.4 Å². The molecular formula is C17H26N2. The number of benzene rings is 1. The van der Waals surface area contributed by atoms with Gasteiger partial charge in [0.2, 0.25) is 0 Å². The van der Waals surface area contributed by atoms with Crippen molar-refractivity contribution in [2.45, 2.75) is 41.0 Å². The van der Waals surface area contributed by atoms with Crippen LogP contribution < -0.4 is 4.90 Å². The van der Waals surface area contributed by atoms with Crippen LogP contribution in [0, 0.1) is 6.92 Å². The SMILES string of the molecule is CC.CCCN(CC)c1ccc2ncccc2c1C. The molecule has 0 saturated carbocycles. The van der Waals surface area contributed by atoms with E-state index in [9.17, 15) is 0 Å². The van der Waals surface area contributed by atoms with E-state index >= 15 is 0 Å². The summed E-state index contributed by atoms with van der Waals surface area (Å²) in [7, 11) is 0. The topological polar surface area (TPSA) is 16.1 Å². The highest BCUT2D eigenvalue weighted by atomic mass is 15.1. The smallest absolute Gasteiger partial charge is 0.0706 e. The zero-order valence-electron chi connectivity index (χ0n) is 12.9. The lowest BCUT2D eigenvalue weighted by Crippen LogP contribution is -2.24. The third-order valence-electron chi connectivity index (χ3n) is 3.24. The highest BCUT2D eigenvalue weighted by Gasteiger charge is 2.09. The molecule has 0 aliphatic heterocycles. The van der Waals surface area contributed by atoms with Gasteiger partial charge in [-0.15, -0.1) is 0 Å². The fourth-order valence-corrected chi connectivity index (χ4v) is 2.35. The predicted molar refractivity (Wildman–Crippen MR) is 86.0 cm³/mol. The van der Waals surface area contributed by atoms with Crippen molar-refractivity contribution >= 4 is 16.6 Å². The molecule has 0 fully saturated rings. The Hall–Kier alpha value is -1.57. The van der Waals surface area contributed by atoms with Gasteiger partial charge in [-0.05, 0) is 44.0 Å². The summed E-state index contributed by atoms with van der Waals surface area (Å²) in [6.07, 6.45) is 3.03. The number of rotatable bonds is 4. The lowest BCUT2D eigenvalue weighted by molar-refractivity contribution is 0.790. The average Bonchev–Trinajstić information content (AvgIpc) is 2.48. The van der Waals surface area contributed by atoms with Gasteiger partial charge in [-0.1, -0.05) is 26.8 Å². The number of aryl methyl sites for hydroxylation is 1. The molecule has 2 nitrogen and oxygen atoms in total. The van der Waals surface area contributed by atoms with Crippen molar-refractivity contribution in [3.05, 3.63) is 36.0 Å². The van der Waals surface area contributed by atoms with Crippen LogP contribution in [-0.4, -0.2) is 18.1 Å². The average molecular weight is 258 g/mol. The Balaban J connectivity index is 0.000000861. The number of pyridine rings is 1. The first kappa shape index (κ1) is 15.5. The fraction of sp³-hybridized carbons (Fsp3) is 0.471. The van der Waals surface area contributed by atoms with Crippen molar-refractivity contribution in [1.29, 1.82) is 0 Å². The van der Waals surface area contributed by atoms with Crippen LogP contribution in [0.1, 0.15) is 39.7 Å². The van der Waals surface area contributed by atoms with E-state index in [1.165, 1.54) is 23.1 Å². The molecule has 0 saturated heterocycles. The standard InChI is InChI=1S/C15H20N2.C2H6/c1-4-11-17(5-2)15-9-8-14-13(12(15)3)7-6-10-16-14;1-2/h6-10H,4-5,11H2,1-3H3;1-2H3. The minimum atomic E-state index is 1.06. The first-order chi connectivity index (χ1) is 9.27. The van der Waals surface area contributed by atoms with Crippen LogP contribution in [0.15, 0.2) is 30.5 Å². The number of aromatic nitrogens is 1. The molecule has 1 aromatic carbocycles. The largest absolute Gasteiger partial charge is 0.372 e. The van der Waals surface area contributed by atoms with Crippen molar-refractivity contribution in [3.63, 3.8) is 0 Å². The lowest BCUT2D eigenvalue weighted by atomic mass is 10.1. The maximum atomic E-state index is 4.40. The van der Waals surface area contributed by atoms with Crippen LogP contribution in [0.4, 0.5) is 5.69 Å². The maximum Gasteiger partial charge on any atom is 0.0706 e. The third kappa shape index (κ3) is 3.46. The zero-order valence-corrected chi connectivity index (χ0v) is 12.9. The van der Waals surface area contributed by atoms with Crippen molar-refractivity contribution in [3.8, 4) is 0 Å². The normalized spacial score (nSPS) is 9.95. The molecule has 0 unspecified atom stereocenters. The van der Waals surface area contributed by atoms with Gasteiger partial charge in [-0.2, -0.15) is 0 Å². The van der Waals surface area contributed by atoms with Gasteiger partial charge in [-0.3, -0.25) is 4.98 Å². The monoisotopic (exact) mass is 258 g/mol. The summed E-state index contributed by atoms with van der Waals surface area (Å²) in [5.74, 6) is 0. The van der Waals surface area contributed by atoms with E-state index in [1.54, 1.807) is 0 Å². The summed E-state index contributed by atoms with van der Waals surface area (Å²) in [6.45, 7) is 12.8. The van der Waals surface area contributed by atoms with Gasteiger partial charge in [0.25, 0.3) is 0 Å². The highest BCUT2D eigenvalue weighted by Crippen LogP contribution is 2.27.